The zero-order valence-electron chi connectivity index (χ0n) is 17.2. The van der Waals surface area contributed by atoms with Gasteiger partial charge in [-0.3, -0.25) is 9.59 Å². The van der Waals surface area contributed by atoms with E-state index in [1.807, 2.05) is 21.0 Å². The lowest BCUT2D eigenvalue weighted by atomic mass is 10.0. The van der Waals surface area contributed by atoms with Crippen molar-refractivity contribution in [1.82, 2.24) is 9.80 Å². The molecule has 0 aromatic rings. The van der Waals surface area contributed by atoms with Crippen molar-refractivity contribution in [2.75, 3.05) is 33.9 Å². The molecule has 0 radical (unpaired) electrons. The fourth-order valence-electron chi connectivity index (χ4n) is 2.59. The molecule has 0 aliphatic heterocycles. The Morgan fingerprint density at radius 1 is 0.960 bits per heavy atom. The van der Waals surface area contributed by atoms with Crippen LogP contribution in [0.3, 0.4) is 0 Å². The number of carbonyl (C=O) groups is 2. The van der Waals surface area contributed by atoms with Crippen LogP contribution in [0.5, 0.6) is 0 Å². The smallest absolute Gasteiger partial charge is 0.307 e. The number of rotatable bonds is 15. The minimum atomic E-state index is -0.193. The van der Waals surface area contributed by atoms with Gasteiger partial charge in [0.2, 0.25) is 5.91 Å². The molecule has 5 heteroatoms. The van der Waals surface area contributed by atoms with Gasteiger partial charge in [-0.1, -0.05) is 46.0 Å². The molecule has 0 saturated carbocycles. The highest BCUT2D eigenvalue weighted by Crippen LogP contribution is 2.13. The molecule has 0 aliphatic rings. The summed E-state index contributed by atoms with van der Waals surface area (Å²) in [5, 5.41) is 0. The van der Waals surface area contributed by atoms with Crippen LogP contribution >= 0.6 is 0 Å². The number of ether oxygens (including phenoxy) is 1. The third kappa shape index (κ3) is 13.8. The largest absolute Gasteiger partial charge is 0.444 e. The Morgan fingerprint density at radius 2 is 1.64 bits per heavy atom. The van der Waals surface area contributed by atoms with Crippen molar-refractivity contribution >= 4 is 11.9 Å². The van der Waals surface area contributed by atoms with E-state index in [-0.39, 0.29) is 18.6 Å². The molecule has 0 spiro atoms. The molecule has 1 amide bonds. The van der Waals surface area contributed by atoms with E-state index < -0.39 is 0 Å². The van der Waals surface area contributed by atoms with Crippen molar-refractivity contribution in [3.63, 3.8) is 0 Å². The van der Waals surface area contributed by atoms with E-state index in [1.165, 1.54) is 25.7 Å². The molecule has 1 unspecified atom stereocenters. The summed E-state index contributed by atoms with van der Waals surface area (Å²) < 4.78 is 5.26. The second kappa shape index (κ2) is 15.2. The molecular weight excluding hydrogens is 316 g/mol. The van der Waals surface area contributed by atoms with Crippen LogP contribution in [-0.2, 0) is 14.3 Å². The third-order valence-corrected chi connectivity index (χ3v) is 4.64. The topological polar surface area (TPSA) is 49.9 Å². The van der Waals surface area contributed by atoms with Crippen LogP contribution in [0.2, 0.25) is 0 Å². The average molecular weight is 357 g/mol. The van der Waals surface area contributed by atoms with Gasteiger partial charge in [-0.15, -0.1) is 0 Å². The van der Waals surface area contributed by atoms with Crippen molar-refractivity contribution in [2.45, 2.75) is 78.6 Å². The maximum Gasteiger partial charge on any atom is 0.307 e. The number of nitrogens with zero attached hydrogens (tertiary/aromatic N) is 2. The molecule has 0 bridgehead atoms. The number of hydrogen-bond acceptors (Lipinski definition) is 4. The molecule has 5 nitrogen and oxygen atoms in total. The Labute approximate surface area is 155 Å². The van der Waals surface area contributed by atoms with Crippen molar-refractivity contribution in [2.24, 2.45) is 5.92 Å². The lowest BCUT2D eigenvalue weighted by Gasteiger charge is -2.21. The molecule has 0 rings (SSSR count). The number of unbranched alkanes of at least 4 members (excludes halogenated alkanes) is 3. The number of hydrogen-bond donors (Lipinski definition) is 0. The molecule has 0 saturated heterocycles. The molecule has 0 aromatic heterocycles. The van der Waals surface area contributed by atoms with Gasteiger partial charge in [0.15, 0.2) is 6.73 Å². The number of carbonyl (C=O) groups excluding carboxylic acids is 2. The van der Waals surface area contributed by atoms with E-state index in [1.54, 1.807) is 4.90 Å². The van der Waals surface area contributed by atoms with Gasteiger partial charge in [0, 0.05) is 19.4 Å². The normalized spacial score (nSPS) is 12.2. The first-order valence-electron chi connectivity index (χ1n) is 9.98. The van der Waals surface area contributed by atoms with Gasteiger partial charge in [0.25, 0.3) is 0 Å². The highest BCUT2D eigenvalue weighted by molar-refractivity contribution is 5.76. The Hall–Kier alpha value is -1.10. The Balaban J connectivity index is 3.77. The quantitative estimate of drug-likeness (QED) is 0.252. The lowest BCUT2D eigenvalue weighted by molar-refractivity contribution is -0.153. The highest BCUT2D eigenvalue weighted by Gasteiger charge is 2.13. The van der Waals surface area contributed by atoms with E-state index in [0.717, 1.165) is 31.7 Å². The third-order valence-electron chi connectivity index (χ3n) is 4.64. The molecule has 0 aliphatic carbocycles. The van der Waals surface area contributed by atoms with Gasteiger partial charge >= 0.3 is 5.97 Å². The molecular formula is C20H40N2O3. The van der Waals surface area contributed by atoms with Crippen LogP contribution in [0.25, 0.3) is 0 Å². The van der Waals surface area contributed by atoms with Crippen LogP contribution < -0.4 is 0 Å². The number of amides is 1. The summed E-state index contributed by atoms with van der Waals surface area (Å²) in [6.45, 7) is 7.98. The predicted molar refractivity (Wildman–Crippen MR) is 103 cm³/mol. The van der Waals surface area contributed by atoms with E-state index in [9.17, 15) is 9.59 Å². The Kier molecular flexibility index (Phi) is 14.5. The summed E-state index contributed by atoms with van der Waals surface area (Å²) in [6.07, 6.45) is 8.69. The summed E-state index contributed by atoms with van der Waals surface area (Å²) in [6, 6.07) is 0. The van der Waals surface area contributed by atoms with E-state index in [0.29, 0.717) is 19.4 Å². The molecule has 0 N–H and O–H groups in total. The second-order valence-corrected chi connectivity index (χ2v) is 7.27. The van der Waals surface area contributed by atoms with E-state index in [4.69, 9.17) is 4.74 Å². The maximum absolute atomic E-state index is 12.1. The first-order valence-corrected chi connectivity index (χ1v) is 9.98. The van der Waals surface area contributed by atoms with Crippen LogP contribution in [-0.4, -0.2) is 55.6 Å². The first-order chi connectivity index (χ1) is 11.9. The molecule has 0 fully saturated rings. The van der Waals surface area contributed by atoms with Gasteiger partial charge in [0.1, 0.15) is 0 Å². The zero-order valence-corrected chi connectivity index (χ0v) is 17.2. The molecule has 1 atom stereocenters. The van der Waals surface area contributed by atoms with Crippen molar-refractivity contribution in [1.29, 1.82) is 0 Å². The zero-order chi connectivity index (χ0) is 19.1. The summed E-state index contributed by atoms with van der Waals surface area (Å²) >= 11 is 0. The van der Waals surface area contributed by atoms with Gasteiger partial charge < -0.3 is 14.5 Å². The standard InChI is InChI=1S/C20H40N2O3/c1-6-18(3)13-10-8-9-11-15-20(24)25-17-22(7-2)19(23)14-12-16-21(4)5/h18H,6-17H2,1-5H3. The predicted octanol–water partition coefficient (Wildman–Crippen LogP) is 4.06. The second-order valence-electron chi connectivity index (χ2n) is 7.27. The van der Waals surface area contributed by atoms with Crippen molar-refractivity contribution in [3.05, 3.63) is 0 Å². The summed E-state index contributed by atoms with van der Waals surface area (Å²) in [5.74, 6) is 0.670. The van der Waals surface area contributed by atoms with E-state index in [2.05, 4.69) is 18.7 Å². The van der Waals surface area contributed by atoms with Crippen molar-refractivity contribution < 1.29 is 14.3 Å². The van der Waals surface area contributed by atoms with Crippen molar-refractivity contribution in [3.8, 4) is 0 Å². The SMILES string of the molecule is CCC(C)CCCCCCC(=O)OCN(CC)C(=O)CCCN(C)C. The minimum Gasteiger partial charge on any atom is -0.444 e. The van der Waals surface area contributed by atoms with Gasteiger partial charge in [-0.2, -0.15) is 0 Å². The highest BCUT2D eigenvalue weighted by atomic mass is 16.5. The summed E-state index contributed by atoms with van der Waals surface area (Å²) in [5.41, 5.74) is 0. The fraction of sp³-hybridized carbons (Fsp3) is 0.900. The van der Waals surface area contributed by atoms with Gasteiger partial charge in [-0.05, 0) is 46.3 Å². The molecule has 25 heavy (non-hydrogen) atoms. The van der Waals surface area contributed by atoms with Crippen LogP contribution in [0.15, 0.2) is 0 Å². The van der Waals surface area contributed by atoms with Crippen LogP contribution in [0, 0.1) is 5.92 Å². The first kappa shape index (κ1) is 23.9. The summed E-state index contributed by atoms with van der Waals surface area (Å²) in [4.78, 5) is 27.6. The maximum atomic E-state index is 12.1. The monoisotopic (exact) mass is 356 g/mol. The molecule has 0 heterocycles. The Bertz CT molecular complexity index is 359. The van der Waals surface area contributed by atoms with Crippen LogP contribution in [0.4, 0.5) is 0 Å². The summed E-state index contributed by atoms with van der Waals surface area (Å²) in [7, 11) is 3.99. The number of esters is 1. The minimum absolute atomic E-state index is 0.0576. The average Bonchev–Trinajstić information content (AvgIpc) is 2.57. The molecule has 148 valence electrons. The van der Waals surface area contributed by atoms with Gasteiger partial charge in [0.05, 0.1) is 0 Å². The molecule has 0 aromatic carbocycles. The van der Waals surface area contributed by atoms with E-state index >= 15 is 0 Å². The lowest BCUT2D eigenvalue weighted by Crippen LogP contribution is -2.34. The Morgan fingerprint density at radius 3 is 2.24 bits per heavy atom. The van der Waals surface area contributed by atoms with Crippen LogP contribution in [0.1, 0.15) is 78.6 Å². The van der Waals surface area contributed by atoms with Gasteiger partial charge in [-0.25, -0.2) is 0 Å². The fourth-order valence-corrected chi connectivity index (χ4v) is 2.59.